The van der Waals surface area contributed by atoms with Crippen LogP contribution in [-0.4, -0.2) is 61.3 Å². The Hall–Kier alpha value is -0.120. The van der Waals surface area contributed by atoms with Crippen molar-refractivity contribution in [3.8, 4) is 0 Å². The normalized spacial score (nSPS) is 41.2. The van der Waals surface area contributed by atoms with E-state index in [4.69, 9.17) is 0 Å². The Morgan fingerprint density at radius 2 is 1.17 bits per heavy atom. The lowest BCUT2D eigenvalue weighted by molar-refractivity contribution is 0.176. The Bertz CT molecular complexity index is 133. The fourth-order valence-corrected chi connectivity index (χ4v) is 1.96. The van der Waals surface area contributed by atoms with Gasteiger partial charge in [0.25, 0.3) is 0 Å². The van der Waals surface area contributed by atoms with Gasteiger partial charge >= 0.3 is 0 Å². The average Bonchev–Trinajstić information content (AvgIpc) is 2.76. The molecule has 0 aromatic carbocycles. The summed E-state index contributed by atoms with van der Waals surface area (Å²) in [6, 6.07) is 0. The van der Waals surface area contributed by atoms with E-state index in [9.17, 15) is 0 Å². The molecule has 2 rings (SSSR count). The molecule has 2 saturated heterocycles. The maximum Gasteiger partial charge on any atom is 0.0930 e. The summed E-state index contributed by atoms with van der Waals surface area (Å²) in [7, 11) is 6.59. The standard InChI is InChI=1S/C7H15N3.C2H6/c1-8-4-5-9(2)7-6(8)10(7)3;1-2/h6-7H,4-5H2,1-3H3;1-2H3. The number of rotatable bonds is 0. The minimum absolute atomic E-state index is 0.707. The van der Waals surface area contributed by atoms with Crippen molar-refractivity contribution in [2.75, 3.05) is 34.2 Å². The van der Waals surface area contributed by atoms with E-state index >= 15 is 0 Å². The molecule has 0 spiro atoms. The van der Waals surface area contributed by atoms with Gasteiger partial charge in [-0.05, 0) is 21.1 Å². The van der Waals surface area contributed by atoms with Crippen molar-refractivity contribution in [3.05, 3.63) is 0 Å². The van der Waals surface area contributed by atoms with Gasteiger partial charge in [-0.2, -0.15) is 0 Å². The number of hydrogen-bond donors (Lipinski definition) is 0. The highest BCUT2D eigenvalue weighted by Gasteiger charge is 2.51. The van der Waals surface area contributed by atoms with E-state index in [0.717, 1.165) is 0 Å². The van der Waals surface area contributed by atoms with Crippen molar-refractivity contribution in [2.24, 2.45) is 0 Å². The quantitative estimate of drug-likeness (QED) is 0.491. The SMILES string of the molecule is CC.CN1CCN(C)C2C1N2C. The lowest BCUT2D eigenvalue weighted by atomic mass is 10.4. The van der Waals surface area contributed by atoms with E-state index < -0.39 is 0 Å². The molecule has 2 heterocycles. The molecular formula is C9H21N3. The van der Waals surface area contributed by atoms with Gasteiger partial charge in [-0.15, -0.1) is 0 Å². The third kappa shape index (κ3) is 1.49. The van der Waals surface area contributed by atoms with Gasteiger partial charge < -0.3 is 0 Å². The summed E-state index contributed by atoms with van der Waals surface area (Å²) in [5, 5.41) is 0. The first-order valence-corrected chi connectivity index (χ1v) is 4.84. The largest absolute Gasteiger partial charge is 0.287 e. The van der Waals surface area contributed by atoms with Crippen LogP contribution in [0.25, 0.3) is 0 Å². The summed E-state index contributed by atoms with van der Waals surface area (Å²) < 4.78 is 0. The van der Waals surface area contributed by atoms with E-state index in [-0.39, 0.29) is 0 Å². The molecule has 72 valence electrons. The van der Waals surface area contributed by atoms with Crippen LogP contribution in [0.5, 0.6) is 0 Å². The molecule has 0 amide bonds. The van der Waals surface area contributed by atoms with Gasteiger partial charge in [0, 0.05) is 13.1 Å². The van der Waals surface area contributed by atoms with Crippen LogP contribution in [0.2, 0.25) is 0 Å². The molecule has 2 atom stereocenters. The highest BCUT2D eigenvalue weighted by Crippen LogP contribution is 2.32. The Labute approximate surface area is 75.9 Å². The fourth-order valence-electron chi connectivity index (χ4n) is 1.96. The first-order valence-electron chi connectivity index (χ1n) is 4.84. The van der Waals surface area contributed by atoms with E-state index in [2.05, 4.69) is 35.8 Å². The molecule has 3 heteroatoms. The van der Waals surface area contributed by atoms with Gasteiger partial charge in [0.05, 0.1) is 12.3 Å². The fraction of sp³-hybridized carbons (Fsp3) is 1.00. The number of nitrogens with zero attached hydrogens (tertiary/aromatic N) is 3. The summed E-state index contributed by atoms with van der Waals surface area (Å²) in [4.78, 5) is 7.24. The summed E-state index contributed by atoms with van der Waals surface area (Å²) in [6.07, 6.45) is 1.41. The van der Waals surface area contributed by atoms with Gasteiger partial charge in [0.2, 0.25) is 0 Å². The van der Waals surface area contributed by atoms with Crippen LogP contribution in [0, 0.1) is 0 Å². The van der Waals surface area contributed by atoms with Crippen LogP contribution in [0.15, 0.2) is 0 Å². The molecule has 2 aliphatic rings. The van der Waals surface area contributed by atoms with E-state index in [1.807, 2.05) is 13.8 Å². The molecule has 2 aliphatic heterocycles. The van der Waals surface area contributed by atoms with E-state index in [1.165, 1.54) is 13.1 Å². The topological polar surface area (TPSA) is 9.49 Å². The predicted molar refractivity (Wildman–Crippen MR) is 51.9 cm³/mol. The van der Waals surface area contributed by atoms with Crippen molar-refractivity contribution in [3.63, 3.8) is 0 Å². The molecular weight excluding hydrogens is 150 g/mol. The number of likely N-dealkylation sites (N-methyl/N-ethyl adjacent to an activating group) is 3. The third-order valence-electron chi connectivity index (χ3n) is 2.72. The second kappa shape index (κ2) is 3.73. The molecule has 2 fully saturated rings. The van der Waals surface area contributed by atoms with Crippen LogP contribution in [-0.2, 0) is 0 Å². The third-order valence-corrected chi connectivity index (χ3v) is 2.72. The van der Waals surface area contributed by atoms with Gasteiger partial charge in [0.15, 0.2) is 0 Å². The summed E-state index contributed by atoms with van der Waals surface area (Å²) in [5.41, 5.74) is 0. The molecule has 0 aliphatic carbocycles. The second-order valence-corrected chi connectivity index (χ2v) is 3.45. The number of hydrogen-bond acceptors (Lipinski definition) is 3. The lowest BCUT2D eigenvalue weighted by Gasteiger charge is -2.26. The minimum atomic E-state index is 0.707. The maximum atomic E-state index is 2.42. The Morgan fingerprint density at radius 1 is 0.833 bits per heavy atom. The molecule has 0 N–H and O–H groups in total. The monoisotopic (exact) mass is 171 g/mol. The first kappa shape index (κ1) is 9.96. The van der Waals surface area contributed by atoms with Gasteiger partial charge in [0.1, 0.15) is 0 Å². The molecule has 3 nitrogen and oxygen atoms in total. The molecule has 2 unspecified atom stereocenters. The van der Waals surface area contributed by atoms with Crippen LogP contribution >= 0.6 is 0 Å². The van der Waals surface area contributed by atoms with Crippen molar-refractivity contribution < 1.29 is 0 Å². The first-order chi connectivity index (χ1) is 5.72. The van der Waals surface area contributed by atoms with E-state index in [0.29, 0.717) is 12.3 Å². The molecule has 0 aromatic heterocycles. The lowest BCUT2D eigenvalue weighted by Crippen LogP contribution is -2.42. The maximum absolute atomic E-state index is 2.42. The van der Waals surface area contributed by atoms with Gasteiger partial charge in [-0.1, -0.05) is 13.8 Å². The average molecular weight is 171 g/mol. The van der Waals surface area contributed by atoms with Crippen molar-refractivity contribution in [1.82, 2.24) is 14.7 Å². The molecule has 0 saturated carbocycles. The van der Waals surface area contributed by atoms with Crippen LogP contribution in [0.4, 0.5) is 0 Å². The molecule has 0 bridgehead atoms. The zero-order chi connectivity index (χ0) is 9.30. The van der Waals surface area contributed by atoms with Gasteiger partial charge in [-0.3, -0.25) is 14.7 Å². The highest BCUT2D eigenvalue weighted by atomic mass is 15.6. The van der Waals surface area contributed by atoms with Gasteiger partial charge in [-0.25, -0.2) is 0 Å². The number of fused-ring (bicyclic) bond motifs is 1. The second-order valence-electron chi connectivity index (χ2n) is 3.45. The molecule has 0 aromatic rings. The Kier molecular flexibility index (Phi) is 3.09. The minimum Gasteiger partial charge on any atom is -0.287 e. The van der Waals surface area contributed by atoms with Crippen molar-refractivity contribution in [2.45, 2.75) is 26.2 Å². The van der Waals surface area contributed by atoms with Crippen molar-refractivity contribution >= 4 is 0 Å². The van der Waals surface area contributed by atoms with Crippen LogP contribution in [0.1, 0.15) is 13.8 Å². The summed E-state index contributed by atoms with van der Waals surface area (Å²) in [6.45, 7) is 6.42. The summed E-state index contributed by atoms with van der Waals surface area (Å²) in [5.74, 6) is 0. The highest BCUT2D eigenvalue weighted by molar-refractivity contribution is 5.00. The van der Waals surface area contributed by atoms with Crippen molar-refractivity contribution in [1.29, 1.82) is 0 Å². The predicted octanol–water partition coefficient (Wildman–Crippen LogP) is 0.487. The smallest absolute Gasteiger partial charge is 0.0930 e. The van der Waals surface area contributed by atoms with Crippen LogP contribution < -0.4 is 0 Å². The summed E-state index contributed by atoms with van der Waals surface area (Å²) >= 11 is 0. The van der Waals surface area contributed by atoms with Crippen LogP contribution in [0.3, 0.4) is 0 Å². The number of piperazine rings is 1. The zero-order valence-electron chi connectivity index (χ0n) is 8.91. The molecule has 0 radical (unpaired) electrons. The Balaban J connectivity index is 0.000000336. The Morgan fingerprint density at radius 3 is 1.50 bits per heavy atom. The molecule has 12 heavy (non-hydrogen) atoms. The van der Waals surface area contributed by atoms with E-state index in [1.54, 1.807) is 0 Å². The zero-order valence-corrected chi connectivity index (χ0v) is 8.91.